The van der Waals surface area contributed by atoms with Gasteiger partial charge < -0.3 is 10.1 Å². The van der Waals surface area contributed by atoms with E-state index in [4.69, 9.17) is 4.74 Å². The van der Waals surface area contributed by atoms with Crippen LogP contribution < -0.4 is 10.1 Å². The molecule has 1 aromatic rings. The molecule has 0 aromatic heterocycles. The monoisotopic (exact) mass is 177 g/mol. The van der Waals surface area contributed by atoms with Gasteiger partial charge in [-0.1, -0.05) is 12.1 Å². The molecule has 1 aromatic carbocycles. The van der Waals surface area contributed by atoms with E-state index in [-0.39, 0.29) is 0 Å². The summed E-state index contributed by atoms with van der Waals surface area (Å²) >= 11 is 0. The van der Waals surface area contributed by atoms with Gasteiger partial charge in [-0.25, -0.2) is 0 Å². The summed E-state index contributed by atoms with van der Waals surface area (Å²) in [6, 6.07) is 8.43. The molecule has 1 saturated heterocycles. The van der Waals surface area contributed by atoms with Crippen molar-refractivity contribution in [1.82, 2.24) is 5.32 Å². The highest BCUT2D eigenvalue weighted by atomic mass is 16.5. The summed E-state index contributed by atoms with van der Waals surface area (Å²) < 4.78 is 5.38. The molecule has 0 saturated carbocycles. The molecule has 1 aliphatic heterocycles. The van der Waals surface area contributed by atoms with Crippen LogP contribution >= 0.6 is 0 Å². The van der Waals surface area contributed by atoms with Crippen molar-refractivity contribution >= 4 is 0 Å². The number of ether oxygens (including phenoxy) is 1. The van der Waals surface area contributed by atoms with Gasteiger partial charge in [-0.2, -0.15) is 0 Å². The lowest BCUT2D eigenvalue weighted by atomic mass is 9.94. The van der Waals surface area contributed by atoms with E-state index in [0.717, 1.165) is 31.4 Å². The Labute approximate surface area is 78.9 Å². The van der Waals surface area contributed by atoms with E-state index < -0.39 is 0 Å². The van der Waals surface area contributed by atoms with Crippen molar-refractivity contribution in [2.45, 2.75) is 12.8 Å². The fourth-order valence-electron chi connectivity index (χ4n) is 1.53. The predicted molar refractivity (Wildman–Crippen MR) is 53.2 cm³/mol. The van der Waals surface area contributed by atoms with Crippen LogP contribution in [0, 0.1) is 0 Å². The van der Waals surface area contributed by atoms with Crippen molar-refractivity contribution in [1.29, 1.82) is 0 Å². The number of rotatable bonds is 3. The molecule has 2 rings (SSSR count). The van der Waals surface area contributed by atoms with Gasteiger partial charge in [0.15, 0.2) is 0 Å². The van der Waals surface area contributed by atoms with E-state index in [1.54, 1.807) is 0 Å². The maximum Gasteiger partial charge on any atom is 0.119 e. The highest BCUT2D eigenvalue weighted by molar-refractivity contribution is 5.30. The average Bonchev–Trinajstić information content (AvgIpc) is 2.06. The minimum absolute atomic E-state index is 0.718. The average molecular weight is 177 g/mol. The summed E-state index contributed by atoms with van der Waals surface area (Å²) in [5.74, 6) is 1.69. The number of hydrogen-bond acceptors (Lipinski definition) is 2. The molecule has 0 unspecified atom stereocenters. The molecular weight excluding hydrogens is 162 g/mol. The third-order valence-corrected chi connectivity index (χ3v) is 2.44. The molecule has 13 heavy (non-hydrogen) atoms. The molecule has 0 radical (unpaired) electrons. The van der Waals surface area contributed by atoms with Crippen molar-refractivity contribution in [2.75, 3.05) is 19.7 Å². The predicted octanol–water partition coefficient (Wildman–Crippen LogP) is 1.77. The Bertz CT molecular complexity index is 264. The Morgan fingerprint density at radius 3 is 2.46 bits per heavy atom. The highest BCUT2D eigenvalue weighted by Gasteiger charge is 2.18. The largest absolute Gasteiger partial charge is 0.494 e. The van der Waals surface area contributed by atoms with Gasteiger partial charge in [0.25, 0.3) is 0 Å². The van der Waals surface area contributed by atoms with E-state index in [2.05, 4.69) is 29.6 Å². The summed E-state index contributed by atoms with van der Waals surface area (Å²) in [6.07, 6.45) is 0. The Morgan fingerprint density at radius 1 is 1.31 bits per heavy atom. The lowest BCUT2D eigenvalue weighted by Crippen LogP contribution is -2.39. The minimum atomic E-state index is 0.718. The summed E-state index contributed by atoms with van der Waals surface area (Å²) in [7, 11) is 0. The zero-order valence-electron chi connectivity index (χ0n) is 7.92. The summed E-state index contributed by atoms with van der Waals surface area (Å²) in [6.45, 7) is 4.98. The van der Waals surface area contributed by atoms with Gasteiger partial charge in [-0.15, -0.1) is 0 Å². The van der Waals surface area contributed by atoms with Crippen LogP contribution in [0.3, 0.4) is 0 Å². The standard InChI is InChI=1S/C11H15NO/c1-2-13-11-5-3-9(4-6-11)10-7-12-8-10/h3-6,10,12H,2,7-8H2,1H3. The van der Waals surface area contributed by atoms with Gasteiger partial charge in [-0.05, 0) is 24.6 Å². The molecule has 70 valence electrons. The fourth-order valence-corrected chi connectivity index (χ4v) is 1.53. The second kappa shape index (κ2) is 3.79. The normalized spacial score (nSPS) is 16.7. The maximum atomic E-state index is 5.38. The molecule has 2 nitrogen and oxygen atoms in total. The van der Waals surface area contributed by atoms with Crippen LogP contribution in [-0.4, -0.2) is 19.7 Å². The van der Waals surface area contributed by atoms with E-state index in [1.807, 2.05) is 6.92 Å². The van der Waals surface area contributed by atoms with Crippen molar-refractivity contribution in [2.24, 2.45) is 0 Å². The van der Waals surface area contributed by atoms with E-state index in [1.165, 1.54) is 5.56 Å². The Kier molecular flexibility index (Phi) is 2.50. The first-order valence-corrected chi connectivity index (χ1v) is 4.83. The van der Waals surface area contributed by atoms with Crippen LogP contribution in [0.25, 0.3) is 0 Å². The molecular formula is C11H15NO. The molecule has 2 heteroatoms. The molecule has 1 fully saturated rings. The van der Waals surface area contributed by atoms with Crippen LogP contribution in [0.15, 0.2) is 24.3 Å². The fraction of sp³-hybridized carbons (Fsp3) is 0.455. The quantitative estimate of drug-likeness (QED) is 0.759. The number of nitrogens with one attached hydrogen (secondary N) is 1. The zero-order chi connectivity index (χ0) is 9.10. The third kappa shape index (κ3) is 1.83. The molecule has 0 amide bonds. The van der Waals surface area contributed by atoms with E-state index in [9.17, 15) is 0 Å². The number of hydrogen-bond donors (Lipinski definition) is 1. The van der Waals surface area contributed by atoms with Crippen LogP contribution in [0.5, 0.6) is 5.75 Å². The zero-order valence-corrected chi connectivity index (χ0v) is 7.92. The summed E-state index contributed by atoms with van der Waals surface area (Å²) in [4.78, 5) is 0. The molecule has 1 heterocycles. The second-order valence-corrected chi connectivity index (χ2v) is 3.36. The SMILES string of the molecule is CCOc1ccc(C2CNC2)cc1. The molecule has 1 N–H and O–H groups in total. The Morgan fingerprint density at radius 2 is 2.00 bits per heavy atom. The Balaban J connectivity index is 2.04. The molecule has 0 aliphatic carbocycles. The third-order valence-electron chi connectivity index (χ3n) is 2.44. The first-order valence-electron chi connectivity index (χ1n) is 4.83. The lowest BCUT2D eigenvalue weighted by molar-refractivity contribution is 0.340. The van der Waals surface area contributed by atoms with Gasteiger partial charge in [-0.3, -0.25) is 0 Å². The van der Waals surface area contributed by atoms with Crippen LogP contribution in [0.2, 0.25) is 0 Å². The van der Waals surface area contributed by atoms with Gasteiger partial charge in [0.1, 0.15) is 5.75 Å². The van der Waals surface area contributed by atoms with Gasteiger partial charge in [0.05, 0.1) is 6.61 Å². The molecule has 1 aliphatic rings. The van der Waals surface area contributed by atoms with E-state index in [0.29, 0.717) is 0 Å². The van der Waals surface area contributed by atoms with Crippen molar-refractivity contribution in [3.05, 3.63) is 29.8 Å². The molecule has 0 spiro atoms. The van der Waals surface area contributed by atoms with Gasteiger partial charge in [0, 0.05) is 19.0 Å². The van der Waals surface area contributed by atoms with Crippen LogP contribution in [0.4, 0.5) is 0 Å². The highest BCUT2D eigenvalue weighted by Crippen LogP contribution is 2.22. The second-order valence-electron chi connectivity index (χ2n) is 3.36. The first-order chi connectivity index (χ1) is 6.40. The van der Waals surface area contributed by atoms with Crippen LogP contribution in [0.1, 0.15) is 18.4 Å². The smallest absolute Gasteiger partial charge is 0.119 e. The molecule has 0 bridgehead atoms. The van der Waals surface area contributed by atoms with E-state index >= 15 is 0 Å². The van der Waals surface area contributed by atoms with Crippen molar-refractivity contribution in [3.8, 4) is 5.75 Å². The first kappa shape index (κ1) is 8.57. The van der Waals surface area contributed by atoms with Gasteiger partial charge >= 0.3 is 0 Å². The lowest BCUT2D eigenvalue weighted by Gasteiger charge is -2.27. The van der Waals surface area contributed by atoms with Crippen molar-refractivity contribution in [3.63, 3.8) is 0 Å². The topological polar surface area (TPSA) is 21.3 Å². The molecule has 0 atom stereocenters. The summed E-state index contributed by atoms with van der Waals surface area (Å²) in [5, 5.41) is 3.27. The van der Waals surface area contributed by atoms with Crippen molar-refractivity contribution < 1.29 is 4.74 Å². The Hall–Kier alpha value is -1.02. The number of benzene rings is 1. The maximum absolute atomic E-state index is 5.38. The van der Waals surface area contributed by atoms with Gasteiger partial charge in [0.2, 0.25) is 0 Å². The summed E-state index contributed by atoms with van der Waals surface area (Å²) in [5.41, 5.74) is 1.42. The minimum Gasteiger partial charge on any atom is -0.494 e. The van der Waals surface area contributed by atoms with Crippen LogP contribution in [-0.2, 0) is 0 Å².